The number of methoxy groups -OCH3 is 1. The van der Waals surface area contributed by atoms with Gasteiger partial charge in [0.15, 0.2) is 0 Å². The predicted octanol–water partition coefficient (Wildman–Crippen LogP) is 2.02. The second-order valence-corrected chi connectivity index (χ2v) is 7.82. The third-order valence-corrected chi connectivity index (χ3v) is 6.21. The van der Waals surface area contributed by atoms with Crippen molar-refractivity contribution >= 4 is 17.6 Å². The van der Waals surface area contributed by atoms with Crippen molar-refractivity contribution < 1.29 is 14.3 Å². The van der Waals surface area contributed by atoms with Crippen molar-refractivity contribution in [1.29, 1.82) is 0 Å². The van der Waals surface area contributed by atoms with Crippen molar-refractivity contribution in [2.24, 2.45) is 0 Å². The summed E-state index contributed by atoms with van der Waals surface area (Å²) in [6.07, 6.45) is 4.27. The Morgan fingerprint density at radius 3 is 2.32 bits per heavy atom. The molecule has 3 amide bonds. The minimum atomic E-state index is -0.0999. The van der Waals surface area contributed by atoms with Crippen LogP contribution in [0.5, 0.6) is 5.75 Å². The number of amides is 3. The zero-order valence-electron chi connectivity index (χ0n) is 16.7. The van der Waals surface area contributed by atoms with Gasteiger partial charge in [0.25, 0.3) is 0 Å². The summed E-state index contributed by atoms with van der Waals surface area (Å²) < 4.78 is 5.43. The van der Waals surface area contributed by atoms with E-state index >= 15 is 0 Å². The number of anilines is 1. The maximum absolute atomic E-state index is 13.1. The van der Waals surface area contributed by atoms with Gasteiger partial charge in [-0.1, -0.05) is 12.1 Å². The molecule has 0 aliphatic carbocycles. The second kappa shape index (κ2) is 8.39. The summed E-state index contributed by atoms with van der Waals surface area (Å²) >= 11 is 0. The highest BCUT2D eigenvalue weighted by molar-refractivity contribution is 6.00. The summed E-state index contributed by atoms with van der Waals surface area (Å²) in [5, 5.41) is 0. The van der Waals surface area contributed by atoms with Crippen LogP contribution in [0.1, 0.15) is 25.7 Å². The van der Waals surface area contributed by atoms with Crippen LogP contribution in [0.4, 0.5) is 10.5 Å². The minimum Gasteiger partial charge on any atom is -0.495 e. The van der Waals surface area contributed by atoms with E-state index in [1.807, 2.05) is 39.0 Å². The summed E-state index contributed by atoms with van der Waals surface area (Å²) in [6.45, 7) is 5.39. The van der Waals surface area contributed by atoms with Gasteiger partial charge in [0.05, 0.1) is 18.8 Å². The van der Waals surface area contributed by atoms with Crippen molar-refractivity contribution in [2.45, 2.75) is 31.7 Å². The Morgan fingerprint density at radius 1 is 0.929 bits per heavy atom. The largest absolute Gasteiger partial charge is 0.495 e. The fourth-order valence-electron chi connectivity index (χ4n) is 4.61. The number of hydrogen-bond acceptors (Lipinski definition) is 4. The number of nitrogens with zero attached hydrogens (tertiary/aromatic N) is 4. The molecule has 0 spiro atoms. The van der Waals surface area contributed by atoms with Gasteiger partial charge in [-0.05, 0) is 37.8 Å². The molecule has 0 radical (unpaired) electrons. The van der Waals surface area contributed by atoms with Crippen LogP contribution in [0.25, 0.3) is 0 Å². The summed E-state index contributed by atoms with van der Waals surface area (Å²) in [6, 6.07) is 7.75. The van der Waals surface area contributed by atoms with Gasteiger partial charge in [-0.15, -0.1) is 0 Å². The van der Waals surface area contributed by atoms with E-state index in [2.05, 4.69) is 4.90 Å². The first-order valence-corrected chi connectivity index (χ1v) is 10.4. The average Bonchev–Trinajstić information content (AvgIpc) is 3.15. The molecule has 3 heterocycles. The van der Waals surface area contributed by atoms with Gasteiger partial charge >= 0.3 is 6.03 Å². The van der Waals surface area contributed by atoms with Crippen molar-refractivity contribution in [3.63, 3.8) is 0 Å². The molecule has 152 valence electrons. The van der Waals surface area contributed by atoms with Crippen LogP contribution >= 0.6 is 0 Å². The normalized spacial score (nSPS) is 24.0. The topological polar surface area (TPSA) is 56.3 Å². The van der Waals surface area contributed by atoms with Crippen LogP contribution in [0.15, 0.2) is 24.3 Å². The molecule has 3 aliphatic rings. The maximum atomic E-state index is 13.1. The molecule has 28 heavy (non-hydrogen) atoms. The number of hydrogen-bond donors (Lipinski definition) is 0. The Balaban J connectivity index is 1.35. The molecule has 0 aromatic heterocycles. The standard InChI is InChI=1S/C21H30N4O3/c1-28-19-8-4-3-7-17(19)25-12-9-18(20(25)26)22-13-15-24(16-14-22)21(27)23-10-5-2-6-11-23/h3-4,7-8,18H,2,5-6,9-16H2,1H3. The summed E-state index contributed by atoms with van der Waals surface area (Å²) in [4.78, 5) is 33.8. The molecule has 3 fully saturated rings. The Bertz CT molecular complexity index is 711. The number of rotatable bonds is 3. The highest BCUT2D eigenvalue weighted by Gasteiger charge is 2.39. The monoisotopic (exact) mass is 386 g/mol. The van der Waals surface area contributed by atoms with E-state index in [1.54, 1.807) is 7.11 Å². The number of carbonyl (C=O) groups is 2. The smallest absolute Gasteiger partial charge is 0.320 e. The Morgan fingerprint density at radius 2 is 1.61 bits per heavy atom. The van der Waals surface area contributed by atoms with Gasteiger partial charge in [0.1, 0.15) is 5.75 Å². The highest BCUT2D eigenvalue weighted by atomic mass is 16.5. The van der Waals surface area contributed by atoms with Crippen LogP contribution in [-0.2, 0) is 4.79 Å². The fourth-order valence-corrected chi connectivity index (χ4v) is 4.61. The van der Waals surface area contributed by atoms with Gasteiger partial charge in [-0.3, -0.25) is 9.69 Å². The molecule has 7 nitrogen and oxygen atoms in total. The molecular formula is C21H30N4O3. The van der Waals surface area contributed by atoms with Gasteiger partial charge in [-0.25, -0.2) is 4.79 Å². The van der Waals surface area contributed by atoms with E-state index in [0.717, 1.165) is 56.9 Å². The molecule has 0 saturated carbocycles. The van der Waals surface area contributed by atoms with Crippen LogP contribution in [-0.4, -0.2) is 85.6 Å². The molecule has 1 aromatic rings. The van der Waals surface area contributed by atoms with Crippen LogP contribution < -0.4 is 9.64 Å². The van der Waals surface area contributed by atoms with E-state index in [4.69, 9.17) is 4.74 Å². The van der Waals surface area contributed by atoms with Crippen molar-refractivity contribution in [2.75, 3.05) is 57.8 Å². The molecular weight excluding hydrogens is 356 g/mol. The molecule has 4 rings (SSSR count). The lowest BCUT2D eigenvalue weighted by Gasteiger charge is -2.40. The molecule has 3 saturated heterocycles. The lowest BCUT2D eigenvalue weighted by atomic mass is 10.1. The molecule has 7 heteroatoms. The highest BCUT2D eigenvalue weighted by Crippen LogP contribution is 2.32. The summed E-state index contributed by atoms with van der Waals surface area (Å²) in [7, 11) is 1.63. The Kier molecular flexibility index (Phi) is 5.71. The Labute approximate surface area is 166 Å². The average molecular weight is 386 g/mol. The molecule has 0 bridgehead atoms. The van der Waals surface area contributed by atoms with Crippen molar-refractivity contribution in [3.05, 3.63) is 24.3 Å². The molecule has 1 unspecified atom stereocenters. The van der Waals surface area contributed by atoms with Crippen LogP contribution in [0.3, 0.4) is 0 Å². The molecule has 1 atom stereocenters. The zero-order valence-corrected chi connectivity index (χ0v) is 16.7. The number of carbonyl (C=O) groups excluding carboxylic acids is 2. The van der Waals surface area contributed by atoms with Crippen LogP contribution in [0.2, 0.25) is 0 Å². The van der Waals surface area contributed by atoms with Crippen molar-refractivity contribution in [3.8, 4) is 5.75 Å². The van der Waals surface area contributed by atoms with Gasteiger partial charge in [-0.2, -0.15) is 0 Å². The molecule has 3 aliphatic heterocycles. The third kappa shape index (κ3) is 3.68. The van der Waals surface area contributed by atoms with Crippen LogP contribution in [0, 0.1) is 0 Å². The first-order valence-electron chi connectivity index (χ1n) is 10.4. The van der Waals surface area contributed by atoms with E-state index in [9.17, 15) is 9.59 Å². The number of piperidine rings is 1. The van der Waals surface area contributed by atoms with Gasteiger partial charge in [0, 0.05) is 45.8 Å². The minimum absolute atomic E-state index is 0.0999. The van der Waals surface area contributed by atoms with Gasteiger partial charge < -0.3 is 19.4 Å². The van der Waals surface area contributed by atoms with Crippen molar-refractivity contribution in [1.82, 2.24) is 14.7 Å². The number of para-hydroxylation sites is 2. The number of likely N-dealkylation sites (tertiary alicyclic amines) is 1. The first kappa shape index (κ1) is 19.1. The summed E-state index contributed by atoms with van der Waals surface area (Å²) in [5.74, 6) is 0.869. The number of piperazine rings is 1. The lowest BCUT2D eigenvalue weighted by molar-refractivity contribution is -0.122. The van der Waals surface area contributed by atoms with E-state index < -0.39 is 0 Å². The number of urea groups is 1. The number of benzene rings is 1. The summed E-state index contributed by atoms with van der Waals surface area (Å²) in [5.41, 5.74) is 0.844. The SMILES string of the molecule is COc1ccccc1N1CCC(N2CCN(C(=O)N3CCCCC3)CC2)C1=O. The third-order valence-electron chi connectivity index (χ3n) is 6.21. The van der Waals surface area contributed by atoms with Gasteiger partial charge in [0.2, 0.25) is 5.91 Å². The maximum Gasteiger partial charge on any atom is 0.320 e. The predicted molar refractivity (Wildman–Crippen MR) is 108 cm³/mol. The Hall–Kier alpha value is -2.28. The molecule has 1 aromatic carbocycles. The number of ether oxygens (including phenoxy) is 1. The van der Waals surface area contributed by atoms with E-state index in [-0.39, 0.29) is 18.0 Å². The molecule has 0 N–H and O–H groups in total. The zero-order chi connectivity index (χ0) is 19.5. The fraction of sp³-hybridized carbons (Fsp3) is 0.619. The first-order chi connectivity index (χ1) is 13.7. The quantitative estimate of drug-likeness (QED) is 0.798. The van der Waals surface area contributed by atoms with E-state index in [1.165, 1.54) is 6.42 Å². The lowest BCUT2D eigenvalue weighted by Crippen LogP contribution is -2.56. The van der Waals surface area contributed by atoms with E-state index in [0.29, 0.717) is 19.6 Å². The second-order valence-electron chi connectivity index (χ2n) is 7.82.